The number of anilines is 1. The third-order valence-electron chi connectivity index (χ3n) is 5.23. The maximum absolute atomic E-state index is 12.4. The number of nitrogens with zero attached hydrogens (tertiary/aromatic N) is 5. The van der Waals surface area contributed by atoms with E-state index in [1.54, 1.807) is 11.1 Å². The first kappa shape index (κ1) is 15.9. The molecule has 2 aliphatic rings. The van der Waals surface area contributed by atoms with Crippen molar-refractivity contribution < 1.29 is 4.79 Å². The SMILES string of the molecule is CN(C)C(=O)N1CCC2(C1)CN(Cc1cccnc1)c1cccnc12. The number of rotatable bonds is 2. The number of pyridine rings is 2. The number of carbonyl (C=O) groups excluding carboxylic acids is 1. The Labute approximate surface area is 148 Å². The van der Waals surface area contributed by atoms with Gasteiger partial charge in [0.1, 0.15) is 0 Å². The lowest BCUT2D eigenvalue weighted by atomic mass is 9.85. The summed E-state index contributed by atoms with van der Waals surface area (Å²) in [5.74, 6) is 0. The molecule has 2 aromatic heterocycles. The van der Waals surface area contributed by atoms with Crippen LogP contribution in [0.4, 0.5) is 10.5 Å². The summed E-state index contributed by atoms with van der Waals surface area (Å²) >= 11 is 0. The van der Waals surface area contributed by atoms with Crippen LogP contribution in [0, 0.1) is 0 Å². The largest absolute Gasteiger partial charge is 0.365 e. The topological polar surface area (TPSA) is 52.6 Å². The van der Waals surface area contributed by atoms with Gasteiger partial charge < -0.3 is 14.7 Å². The fraction of sp³-hybridized carbons (Fsp3) is 0.421. The quantitative estimate of drug-likeness (QED) is 0.842. The van der Waals surface area contributed by atoms with Gasteiger partial charge >= 0.3 is 6.03 Å². The van der Waals surface area contributed by atoms with Crippen LogP contribution in [0.5, 0.6) is 0 Å². The smallest absolute Gasteiger partial charge is 0.319 e. The van der Waals surface area contributed by atoms with Crippen LogP contribution in [-0.2, 0) is 12.0 Å². The summed E-state index contributed by atoms with van der Waals surface area (Å²) in [6.45, 7) is 3.23. The van der Waals surface area contributed by atoms with Crippen LogP contribution >= 0.6 is 0 Å². The molecule has 1 atom stereocenters. The van der Waals surface area contributed by atoms with Gasteiger partial charge in [-0.15, -0.1) is 0 Å². The maximum atomic E-state index is 12.4. The van der Waals surface area contributed by atoms with E-state index < -0.39 is 0 Å². The Hall–Kier alpha value is -2.63. The number of aromatic nitrogens is 2. The van der Waals surface area contributed by atoms with Gasteiger partial charge in [-0.3, -0.25) is 9.97 Å². The normalized spacial score (nSPS) is 21.7. The van der Waals surface area contributed by atoms with Gasteiger partial charge in [-0.25, -0.2) is 4.79 Å². The Balaban J connectivity index is 1.62. The molecule has 0 radical (unpaired) electrons. The van der Waals surface area contributed by atoms with Crippen LogP contribution in [0.15, 0.2) is 42.9 Å². The van der Waals surface area contributed by atoms with E-state index in [4.69, 9.17) is 4.98 Å². The molecular formula is C19H23N5O. The van der Waals surface area contributed by atoms with E-state index in [2.05, 4.69) is 22.0 Å². The first-order valence-electron chi connectivity index (χ1n) is 8.65. The highest BCUT2D eigenvalue weighted by Gasteiger charge is 2.49. The lowest BCUT2D eigenvalue weighted by Gasteiger charge is -2.27. The van der Waals surface area contributed by atoms with Crippen molar-refractivity contribution in [3.63, 3.8) is 0 Å². The third kappa shape index (κ3) is 2.71. The first-order valence-corrected chi connectivity index (χ1v) is 8.65. The van der Waals surface area contributed by atoms with Crippen molar-refractivity contribution >= 4 is 11.7 Å². The molecular weight excluding hydrogens is 314 g/mol. The average Bonchev–Trinajstić information content (AvgIpc) is 3.18. The number of amides is 2. The maximum Gasteiger partial charge on any atom is 0.319 e. The molecule has 0 aliphatic carbocycles. The Kier molecular flexibility index (Phi) is 3.82. The van der Waals surface area contributed by atoms with Crippen molar-refractivity contribution in [1.29, 1.82) is 0 Å². The van der Waals surface area contributed by atoms with Crippen LogP contribution in [0.25, 0.3) is 0 Å². The number of carbonyl (C=O) groups is 1. The van der Waals surface area contributed by atoms with E-state index in [0.717, 1.165) is 38.3 Å². The highest BCUT2D eigenvalue weighted by Crippen LogP contribution is 2.45. The molecule has 1 fully saturated rings. The fourth-order valence-electron chi connectivity index (χ4n) is 4.08. The van der Waals surface area contributed by atoms with Gasteiger partial charge in [0.2, 0.25) is 0 Å². The van der Waals surface area contributed by atoms with Crippen molar-refractivity contribution in [2.45, 2.75) is 18.4 Å². The highest BCUT2D eigenvalue weighted by atomic mass is 16.2. The summed E-state index contributed by atoms with van der Waals surface area (Å²) in [5.41, 5.74) is 3.44. The Morgan fingerprint density at radius 1 is 1.24 bits per heavy atom. The van der Waals surface area contributed by atoms with Crippen LogP contribution in [0.2, 0.25) is 0 Å². The second-order valence-electron chi connectivity index (χ2n) is 7.22. The molecule has 2 aromatic rings. The molecule has 25 heavy (non-hydrogen) atoms. The van der Waals surface area contributed by atoms with Gasteiger partial charge in [0.25, 0.3) is 0 Å². The minimum Gasteiger partial charge on any atom is -0.365 e. The zero-order valence-corrected chi connectivity index (χ0v) is 14.7. The van der Waals surface area contributed by atoms with Crippen LogP contribution in [0.3, 0.4) is 0 Å². The van der Waals surface area contributed by atoms with Crippen LogP contribution < -0.4 is 4.90 Å². The number of fused-ring (bicyclic) bond motifs is 2. The molecule has 1 spiro atoms. The minimum atomic E-state index is -0.0650. The molecule has 6 nitrogen and oxygen atoms in total. The summed E-state index contributed by atoms with van der Waals surface area (Å²) in [6, 6.07) is 8.29. The minimum absolute atomic E-state index is 0.0650. The molecule has 6 heteroatoms. The molecule has 0 N–H and O–H groups in total. The van der Waals surface area contributed by atoms with Crippen molar-refractivity contribution in [3.05, 3.63) is 54.1 Å². The van der Waals surface area contributed by atoms with E-state index in [1.165, 1.54) is 11.3 Å². The van der Waals surface area contributed by atoms with E-state index in [1.807, 2.05) is 43.5 Å². The Bertz CT molecular complexity index is 778. The molecule has 1 unspecified atom stereocenters. The van der Waals surface area contributed by atoms with Crippen molar-refractivity contribution in [1.82, 2.24) is 19.8 Å². The van der Waals surface area contributed by atoms with Gasteiger partial charge in [0.05, 0.1) is 16.8 Å². The van der Waals surface area contributed by atoms with E-state index in [9.17, 15) is 4.79 Å². The lowest BCUT2D eigenvalue weighted by Crippen LogP contribution is -2.41. The molecule has 0 aromatic carbocycles. The Morgan fingerprint density at radius 2 is 2.08 bits per heavy atom. The van der Waals surface area contributed by atoms with Crippen LogP contribution in [0.1, 0.15) is 17.7 Å². The summed E-state index contributed by atoms with van der Waals surface area (Å²) in [7, 11) is 3.62. The zero-order valence-electron chi connectivity index (χ0n) is 14.7. The van der Waals surface area contributed by atoms with Gasteiger partial charge in [-0.2, -0.15) is 0 Å². The highest BCUT2D eigenvalue weighted by molar-refractivity contribution is 5.75. The number of hydrogen-bond donors (Lipinski definition) is 0. The van der Waals surface area contributed by atoms with E-state index in [-0.39, 0.29) is 11.4 Å². The predicted molar refractivity (Wildman–Crippen MR) is 96.5 cm³/mol. The van der Waals surface area contributed by atoms with Crippen molar-refractivity contribution in [3.8, 4) is 0 Å². The van der Waals surface area contributed by atoms with Gasteiger partial charge in [0.15, 0.2) is 0 Å². The third-order valence-corrected chi connectivity index (χ3v) is 5.23. The summed E-state index contributed by atoms with van der Waals surface area (Å²) < 4.78 is 0. The Morgan fingerprint density at radius 3 is 2.84 bits per heavy atom. The number of urea groups is 1. The lowest BCUT2D eigenvalue weighted by molar-refractivity contribution is 0.179. The van der Waals surface area contributed by atoms with Gasteiger partial charge in [0, 0.05) is 58.9 Å². The first-order chi connectivity index (χ1) is 12.1. The standard InChI is InChI=1S/C19H23N5O/c1-22(2)18(25)23-10-7-19(13-23)14-24(12-15-5-3-8-20-11-15)16-6-4-9-21-17(16)19/h3-6,8-9,11H,7,10,12-14H2,1-2H3. The van der Waals surface area contributed by atoms with Crippen LogP contribution in [-0.4, -0.2) is 59.5 Å². The molecule has 1 saturated heterocycles. The molecule has 0 bridgehead atoms. The van der Waals surface area contributed by atoms with E-state index >= 15 is 0 Å². The molecule has 2 aliphatic heterocycles. The van der Waals surface area contributed by atoms with Crippen molar-refractivity contribution in [2.24, 2.45) is 0 Å². The molecule has 2 amide bonds. The molecule has 4 rings (SSSR count). The summed E-state index contributed by atoms with van der Waals surface area (Å²) in [6.07, 6.45) is 6.54. The average molecular weight is 337 g/mol. The number of hydrogen-bond acceptors (Lipinski definition) is 4. The zero-order chi connectivity index (χ0) is 17.4. The van der Waals surface area contributed by atoms with Gasteiger partial charge in [-0.1, -0.05) is 6.07 Å². The second-order valence-corrected chi connectivity index (χ2v) is 7.22. The van der Waals surface area contributed by atoms with Crippen molar-refractivity contribution in [2.75, 3.05) is 38.6 Å². The predicted octanol–water partition coefficient (Wildman–Crippen LogP) is 2.12. The van der Waals surface area contributed by atoms with E-state index in [0.29, 0.717) is 0 Å². The fourth-order valence-corrected chi connectivity index (χ4v) is 4.08. The molecule has 4 heterocycles. The number of likely N-dealkylation sites (tertiary alicyclic amines) is 1. The molecule has 130 valence electrons. The summed E-state index contributed by atoms with van der Waals surface area (Å²) in [4.78, 5) is 27.3. The second kappa shape index (κ2) is 6.02. The monoisotopic (exact) mass is 337 g/mol. The van der Waals surface area contributed by atoms with Gasteiger partial charge in [-0.05, 0) is 30.2 Å². The summed E-state index contributed by atoms with van der Waals surface area (Å²) in [5, 5.41) is 0. The molecule has 0 saturated carbocycles.